The Labute approximate surface area is 169 Å². The number of carbonyl (C=O) groups excluding carboxylic acids is 1. The number of hydrogen-bond donors (Lipinski definition) is 0. The van der Waals surface area contributed by atoms with Crippen molar-refractivity contribution in [2.75, 3.05) is 44.3 Å². The maximum Gasteiger partial charge on any atom is 0.255 e. The first-order valence-corrected chi connectivity index (χ1v) is 10.3. The van der Waals surface area contributed by atoms with Crippen molar-refractivity contribution in [2.24, 2.45) is 0 Å². The van der Waals surface area contributed by atoms with E-state index in [-0.39, 0.29) is 11.8 Å². The Morgan fingerprint density at radius 3 is 2.72 bits per heavy atom. The van der Waals surface area contributed by atoms with Gasteiger partial charge in [-0.25, -0.2) is 0 Å². The Morgan fingerprint density at radius 1 is 1.00 bits per heavy atom. The van der Waals surface area contributed by atoms with Crippen molar-refractivity contribution in [1.82, 2.24) is 19.5 Å². The van der Waals surface area contributed by atoms with Crippen LogP contribution in [0, 0.1) is 0 Å². The van der Waals surface area contributed by atoms with Gasteiger partial charge in [0, 0.05) is 44.0 Å². The number of carbonyl (C=O) groups is 1. The Morgan fingerprint density at radius 2 is 1.83 bits per heavy atom. The SMILES string of the molecule is O=C(c1ccccc1N1CCOCC1)N1CCCC(c2nnc3ccccn23)C1. The van der Waals surface area contributed by atoms with E-state index in [4.69, 9.17) is 4.74 Å². The van der Waals surface area contributed by atoms with Crippen LogP contribution in [0.1, 0.15) is 34.9 Å². The minimum atomic E-state index is 0.102. The lowest BCUT2D eigenvalue weighted by Gasteiger charge is -2.34. The van der Waals surface area contributed by atoms with Gasteiger partial charge in [-0.2, -0.15) is 0 Å². The van der Waals surface area contributed by atoms with E-state index in [1.54, 1.807) is 0 Å². The molecule has 2 aliphatic rings. The highest BCUT2D eigenvalue weighted by atomic mass is 16.5. The zero-order valence-corrected chi connectivity index (χ0v) is 16.4. The molecule has 5 rings (SSSR count). The van der Waals surface area contributed by atoms with Gasteiger partial charge in [0.1, 0.15) is 5.82 Å². The predicted molar refractivity (Wildman–Crippen MR) is 110 cm³/mol. The molecule has 1 aromatic carbocycles. The lowest BCUT2D eigenvalue weighted by Crippen LogP contribution is -2.41. The number of pyridine rings is 1. The van der Waals surface area contributed by atoms with Gasteiger partial charge in [0.2, 0.25) is 0 Å². The second kappa shape index (κ2) is 7.83. The van der Waals surface area contributed by atoms with E-state index in [1.165, 1.54) is 0 Å². The average Bonchev–Trinajstić information content (AvgIpc) is 3.23. The summed E-state index contributed by atoms with van der Waals surface area (Å²) in [6, 6.07) is 13.9. The molecule has 0 radical (unpaired) electrons. The molecule has 7 nitrogen and oxygen atoms in total. The fraction of sp³-hybridized carbons (Fsp3) is 0.409. The van der Waals surface area contributed by atoms with Crippen LogP contribution < -0.4 is 4.90 Å². The summed E-state index contributed by atoms with van der Waals surface area (Å²) in [7, 11) is 0. The van der Waals surface area contributed by atoms with Crippen molar-refractivity contribution in [3.8, 4) is 0 Å². The molecule has 0 saturated carbocycles. The van der Waals surface area contributed by atoms with Gasteiger partial charge in [0.25, 0.3) is 5.91 Å². The third-order valence-corrected chi connectivity index (χ3v) is 5.90. The topological polar surface area (TPSA) is 63.0 Å². The quantitative estimate of drug-likeness (QED) is 0.687. The summed E-state index contributed by atoms with van der Waals surface area (Å²) < 4.78 is 7.52. The molecule has 1 amide bonds. The minimum absolute atomic E-state index is 0.102. The zero-order chi connectivity index (χ0) is 19.6. The minimum Gasteiger partial charge on any atom is -0.378 e. The largest absolute Gasteiger partial charge is 0.378 e. The molecule has 0 aliphatic carbocycles. The van der Waals surface area contributed by atoms with Crippen molar-refractivity contribution < 1.29 is 9.53 Å². The van der Waals surface area contributed by atoms with Crippen molar-refractivity contribution in [3.05, 3.63) is 60.0 Å². The lowest BCUT2D eigenvalue weighted by molar-refractivity contribution is 0.0703. The average molecular weight is 391 g/mol. The van der Waals surface area contributed by atoms with Crippen LogP contribution in [0.4, 0.5) is 5.69 Å². The number of para-hydroxylation sites is 1. The molecule has 2 fully saturated rings. The van der Waals surface area contributed by atoms with Crippen LogP contribution in [-0.4, -0.2) is 64.8 Å². The molecule has 150 valence electrons. The van der Waals surface area contributed by atoms with E-state index in [2.05, 4.69) is 15.1 Å². The summed E-state index contributed by atoms with van der Waals surface area (Å²) in [6.45, 7) is 4.50. The molecule has 2 aromatic heterocycles. The van der Waals surface area contributed by atoms with Crippen molar-refractivity contribution in [3.63, 3.8) is 0 Å². The van der Waals surface area contributed by atoms with Gasteiger partial charge in [-0.1, -0.05) is 18.2 Å². The number of benzene rings is 1. The number of nitrogens with zero attached hydrogens (tertiary/aromatic N) is 5. The Balaban J connectivity index is 1.39. The van der Waals surface area contributed by atoms with Crippen LogP contribution in [0.5, 0.6) is 0 Å². The van der Waals surface area contributed by atoms with Crippen molar-refractivity contribution >= 4 is 17.2 Å². The summed E-state index contributed by atoms with van der Waals surface area (Å²) in [6.07, 6.45) is 3.99. The number of likely N-dealkylation sites (tertiary alicyclic amines) is 1. The van der Waals surface area contributed by atoms with E-state index in [0.717, 1.165) is 55.2 Å². The van der Waals surface area contributed by atoms with E-state index in [9.17, 15) is 4.79 Å². The van der Waals surface area contributed by atoms with Crippen LogP contribution in [0.25, 0.3) is 5.65 Å². The summed E-state index contributed by atoms with van der Waals surface area (Å²) in [4.78, 5) is 17.7. The summed E-state index contributed by atoms with van der Waals surface area (Å²) in [5.41, 5.74) is 2.64. The second-order valence-electron chi connectivity index (χ2n) is 7.69. The molecule has 0 N–H and O–H groups in total. The van der Waals surface area contributed by atoms with Crippen LogP contribution in [0.2, 0.25) is 0 Å². The van der Waals surface area contributed by atoms with Gasteiger partial charge in [0.05, 0.1) is 18.8 Å². The van der Waals surface area contributed by atoms with Gasteiger partial charge in [0.15, 0.2) is 5.65 Å². The third-order valence-electron chi connectivity index (χ3n) is 5.90. The number of hydrogen-bond acceptors (Lipinski definition) is 5. The van der Waals surface area contributed by atoms with E-state index in [0.29, 0.717) is 19.8 Å². The molecule has 4 heterocycles. The number of amides is 1. The predicted octanol–water partition coefficient (Wildman–Crippen LogP) is 2.59. The standard InChI is InChI=1S/C22H25N5O2/c28-22(18-7-1-2-8-19(18)25-12-14-29-15-13-25)26-10-5-6-17(16-26)21-24-23-20-9-3-4-11-27(20)21/h1-4,7-9,11,17H,5-6,10,12-16H2. The molecule has 2 saturated heterocycles. The van der Waals surface area contributed by atoms with Crippen LogP contribution in [-0.2, 0) is 4.74 Å². The first-order chi connectivity index (χ1) is 14.3. The summed E-state index contributed by atoms with van der Waals surface area (Å²) in [5, 5.41) is 8.72. The van der Waals surface area contributed by atoms with Gasteiger partial charge >= 0.3 is 0 Å². The van der Waals surface area contributed by atoms with E-state index < -0.39 is 0 Å². The molecule has 3 aromatic rings. The van der Waals surface area contributed by atoms with E-state index in [1.807, 2.05) is 58.0 Å². The second-order valence-corrected chi connectivity index (χ2v) is 7.69. The van der Waals surface area contributed by atoms with Crippen molar-refractivity contribution in [2.45, 2.75) is 18.8 Å². The Hall–Kier alpha value is -2.93. The normalized spacial score (nSPS) is 20.2. The van der Waals surface area contributed by atoms with Crippen molar-refractivity contribution in [1.29, 1.82) is 0 Å². The molecule has 0 spiro atoms. The number of ether oxygens (including phenoxy) is 1. The molecule has 1 atom stereocenters. The number of rotatable bonds is 3. The third kappa shape index (κ3) is 3.46. The molecule has 7 heteroatoms. The Bertz CT molecular complexity index is 1010. The van der Waals surface area contributed by atoms with E-state index >= 15 is 0 Å². The smallest absolute Gasteiger partial charge is 0.255 e. The highest BCUT2D eigenvalue weighted by molar-refractivity contribution is 6.00. The number of fused-ring (bicyclic) bond motifs is 1. The van der Waals surface area contributed by atoms with Gasteiger partial charge in [-0.3, -0.25) is 9.20 Å². The fourth-order valence-corrected chi connectivity index (χ4v) is 4.42. The molecule has 1 unspecified atom stereocenters. The number of piperidine rings is 1. The molecule has 29 heavy (non-hydrogen) atoms. The van der Waals surface area contributed by atoms with Gasteiger partial charge in [-0.05, 0) is 37.1 Å². The van der Waals surface area contributed by atoms with Crippen LogP contribution >= 0.6 is 0 Å². The zero-order valence-electron chi connectivity index (χ0n) is 16.4. The summed E-state index contributed by atoms with van der Waals surface area (Å²) in [5.74, 6) is 1.24. The Kier molecular flexibility index (Phi) is 4.89. The monoisotopic (exact) mass is 391 g/mol. The van der Waals surface area contributed by atoms with Crippen LogP contribution in [0.15, 0.2) is 48.7 Å². The maximum atomic E-state index is 13.5. The molecular formula is C22H25N5O2. The number of morpholine rings is 1. The number of aromatic nitrogens is 3. The highest BCUT2D eigenvalue weighted by Gasteiger charge is 2.30. The first-order valence-electron chi connectivity index (χ1n) is 10.3. The maximum absolute atomic E-state index is 13.5. The molecule has 0 bridgehead atoms. The van der Waals surface area contributed by atoms with Crippen LogP contribution in [0.3, 0.4) is 0 Å². The number of anilines is 1. The molecule has 2 aliphatic heterocycles. The highest BCUT2D eigenvalue weighted by Crippen LogP contribution is 2.29. The van der Waals surface area contributed by atoms with Gasteiger partial charge < -0.3 is 14.5 Å². The fourth-order valence-electron chi connectivity index (χ4n) is 4.42. The lowest BCUT2D eigenvalue weighted by atomic mass is 9.96. The van der Waals surface area contributed by atoms with Gasteiger partial charge in [-0.15, -0.1) is 10.2 Å². The summed E-state index contributed by atoms with van der Waals surface area (Å²) >= 11 is 0. The first kappa shape index (κ1) is 18.1. The molecular weight excluding hydrogens is 366 g/mol.